The first-order chi connectivity index (χ1) is 11.5. The summed E-state index contributed by atoms with van der Waals surface area (Å²) in [5.41, 5.74) is 1.00. The highest BCUT2D eigenvalue weighted by Crippen LogP contribution is 2.44. The molecule has 2 aliphatic heterocycles. The van der Waals surface area contributed by atoms with Crippen LogP contribution in [-0.4, -0.2) is 45.2 Å². The first-order valence-electron chi connectivity index (χ1n) is 7.94. The first kappa shape index (κ1) is 18.0. The lowest BCUT2D eigenvalue weighted by molar-refractivity contribution is -0.150. The summed E-state index contributed by atoms with van der Waals surface area (Å²) in [5.74, 6) is -0.567. The van der Waals surface area contributed by atoms with E-state index in [0.29, 0.717) is 10.0 Å². The summed E-state index contributed by atoms with van der Waals surface area (Å²) < 4.78 is 15.9. The van der Waals surface area contributed by atoms with Crippen LogP contribution in [0.4, 0.5) is 0 Å². The Morgan fingerprint density at radius 1 is 1.25 bits per heavy atom. The number of benzene rings is 1. The number of carbonyl (C=O) groups is 1. The monoisotopic (exact) mass is 373 g/mol. The SMILES string of the molecule is COCOC1CC2CC(c3ccc(Cl)c(Cl)c3)[C@H](C(=O)OC)C1N2. The van der Waals surface area contributed by atoms with Gasteiger partial charge < -0.3 is 19.5 Å². The number of carbonyl (C=O) groups excluding carboxylic acids is 1. The molecule has 0 spiro atoms. The number of halogens is 2. The molecule has 5 nitrogen and oxygen atoms in total. The lowest BCUT2D eigenvalue weighted by Crippen LogP contribution is -2.51. The van der Waals surface area contributed by atoms with E-state index in [9.17, 15) is 4.79 Å². The van der Waals surface area contributed by atoms with E-state index in [0.717, 1.165) is 18.4 Å². The molecule has 1 aromatic rings. The number of nitrogens with one attached hydrogen (secondary N) is 1. The molecule has 2 heterocycles. The van der Waals surface area contributed by atoms with Crippen molar-refractivity contribution in [3.05, 3.63) is 33.8 Å². The van der Waals surface area contributed by atoms with E-state index in [2.05, 4.69) is 5.32 Å². The van der Waals surface area contributed by atoms with Gasteiger partial charge in [0.2, 0.25) is 0 Å². The Balaban J connectivity index is 1.91. The quantitative estimate of drug-likeness (QED) is 0.634. The van der Waals surface area contributed by atoms with Gasteiger partial charge in [0.1, 0.15) is 6.79 Å². The van der Waals surface area contributed by atoms with E-state index in [-0.39, 0.29) is 42.8 Å². The third-order valence-corrected chi connectivity index (χ3v) is 5.69. The summed E-state index contributed by atoms with van der Waals surface area (Å²) in [6, 6.07) is 5.74. The Hall–Kier alpha value is -0.850. The normalized spacial score (nSPS) is 31.9. The maximum absolute atomic E-state index is 12.5. The third kappa shape index (κ3) is 3.41. The number of fused-ring (bicyclic) bond motifs is 2. The van der Waals surface area contributed by atoms with E-state index in [4.69, 9.17) is 37.4 Å². The second-order valence-corrected chi connectivity index (χ2v) is 7.12. The minimum absolute atomic E-state index is 0.0135. The van der Waals surface area contributed by atoms with Gasteiger partial charge in [-0.3, -0.25) is 4.79 Å². The number of methoxy groups -OCH3 is 2. The van der Waals surface area contributed by atoms with E-state index in [1.165, 1.54) is 7.11 Å². The molecule has 132 valence electrons. The largest absolute Gasteiger partial charge is 0.469 e. The summed E-state index contributed by atoms with van der Waals surface area (Å²) in [7, 11) is 3.01. The zero-order chi connectivity index (χ0) is 17.3. The van der Waals surface area contributed by atoms with Crippen LogP contribution >= 0.6 is 23.2 Å². The van der Waals surface area contributed by atoms with Crippen molar-refractivity contribution < 1.29 is 19.0 Å². The number of rotatable bonds is 5. The third-order valence-electron chi connectivity index (χ3n) is 4.95. The molecule has 7 heteroatoms. The van der Waals surface area contributed by atoms with Crippen molar-refractivity contribution >= 4 is 29.2 Å². The molecule has 2 aliphatic rings. The topological polar surface area (TPSA) is 56.8 Å². The molecule has 1 aromatic carbocycles. The molecule has 1 N–H and O–H groups in total. The Kier molecular flexibility index (Phi) is 5.67. The number of esters is 1. The van der Waals surface area contributed by atoms with E-state index < -0.39 is 0 Å². The smallest absolute Gasteiger partial charge is 0.310 e. The van der Waals surface area contributed by atoms with Crippen LogP contribution in [0.15, 0.2) is 18.2 Å². The highest BCUT2D eigenvalue weighted by atomic mass is 35.5. The van der Waals surface area contributed by atoms with Crippen LogP contribution in [0.2, 0.25) is 10.0 Å². The van der Waals surface area contributed by atoms with Gasteiger partial charge in [0, 0.05) is 25.1 Å². The fourth-order valence-electron chi connectivity index (χ4n) is 3.94. The lowest BCUT2D eigenvalue weighted by atomic mass is 9.76. The molecule has 2 bridgehead atoms. The average Bonchev–Trinajstić information content (AvgIpc) is 2.90. The van der Waals surface area contributed by atoms with Crippen molar-refractivity contribution in [3.8, 4) is 0 Å². The Morgan fingerprint density at radius 3 is 2.71 bits per heavy atom. The van der Waals surface area contributed by atoms with Crippen molar-refractivity contribution in [2.45, 2.75) is 36.9 Å². The van der Waals surface area contributed by atoms with Crippen LogP contribution in [0.25, 0.3) is 0 Å². The van der Waals surface area contributed by atoms with Gasteiger partial charge in [-0.1, -0.05) is 29.3 Å². The molecule has 5 atom stereocenters. The predicted octanol–water partition coefficient (Wildman–Crippen LogP) is 2.99. The Bertz CT molecular complexity index is 612. The second kappa shape index (κ2) is 7.58. The molecule has 24 heavy (non-hydrogen) atoms. The summed E-state index contributed by atoms with van der Waals surface area (Å²) in [4.78, 5) is 12.5. The van der Waals surface area contributed by atoms with Crippen LogP contribution in [0.5, 0.6) is 0 Å². The Morgan fingerprint density at radius 2 is 2.04 bits per heavy atom. The molecule has 2 saturated heterocycles. The van der Waals surface area contributed by atoms with Gasteiger partial charge in [-0.2, -0.15) is 0 Å². The van der Waals surface area contributed by atoms with Crippen LogP contribution < -0.4 is 5.32 Å². The molecule has 0 amide bonds. The number of hydrogen-bond acceptors (Lipinski definition) is 5. The number of hydrogen-bond donors (Lipinski definition) is 1. The van der Waals surface area contributed by atoms with Crippen molar-refractivity contribution in [1.82, 2.24) is 5.32 Å². The van der Waals surface area contributed by atoms with Gasteiger partial charge in [0.25, 0.3) is 0 Å². The molecule has 2 fully saturated rings. The van der Waals surface area contributed by atoms with Gasteiger partial charge in [0.05, 0.1) is 29.2 Å². The molecule has 0 aliphatic carbocycles. The minimum Gasteiger partial charge on any atom is -0.469 e. The number of ether oxygens (including phenoxy) is 3. The summed E-state index contributed by atoms with van der Waals surface area (Å²) in [6.45, 7) is 0.209. The molecule has 3 rings (SSSR count). The van der Waals surface area contributed by atoms with E-state index >= 15 is 0 Å². The van der Waals surface area contributed by atoms with E-state index in [1.54, 1.807) is 13.2 Å². The van der Waals surface area contributed by atoms with Crippen molar-refractivity contribution in [2.24, 2.45) is 5.92 Å². The first-order valence-corrected chi connectivity index (χ1v) is 8.70. The maximum Gasteiger partial charge on any atom is 0.310 e. The van der Waals surface area contributed by atoms with Crippen molar-refractivity contribution in [3.63, 3.8) is 0 Å². The summed E-state index contributed by atoms with van der Waals surface area (Å²) in [5, 5.41) is 4.50. The van der Waals surface area contributed by atoms with Crippen LogP contribution in [-0.2, 0) is 19.0 Å². The van der Waals surface area contributed by atoms with Gasteiger partial charge in [-0.25, -0.2) is 0 Å². The molecule has 0 aromatic heterocycles. The molecule has 4 unspecified atom stereocenters. The standard InChI is InChI=1S/C17H21Cl2NO4/c1-22-8-24-14-7-10-6-11(9-3-4-12(18)13(19)5-9)15(16(14)20-10)17(21)23-2/h3-5,10-11,14-16,20H,6-8H2,1-2H3/t10?,11?,14?,15-,16?/m0/s1. The maximum atomic E-state index is 12.5. The van der Waals surface area contributed by atoms with Gasteiger partial charge in [0.15, 0.2) is 0 Å². The van der Waals surface area contributed by atoms with Gasteiger partial charge >= 0.3 is 5.97 Å². The zero-order valence-electron chi connectivity index (χ0n) is 13.6. The fourth-order valence-corrected chi connectivity index (χ4v) is 4.24. The fraction of sp³-hybridized carbons (Fsp3) is 0.588. The summed E-state index contributed by atoms with van der Waals surface area (Å²) >= 11 is 12.2. The van der Waals surface area contributed by atoms with Crippen LogP contribution in [0.1, 0.15) is 24.3 Å². The predicted molar refractivity (Wildman–Crippen MR) is 91.4 cm³/mol. The Labute approximate surface area is 151 Å². The van der Waals surface area contributed by atoms with E-state index in [1.807, 2.05) is 12.1 Å². The highest BCUT2D eigenvalue weighted by molar-refractivity contribution is 6.42. The average molecular weight is 374 g/mol. The minimum atomic E-state index is -0.340. The van der Waals surface area contributed by atoms with Gasteiger partial charge in [-0.15, -0.1) is 0 Å². The molecular formula is C17H21Cl2NO4. The van der Waals surface area contributed by atoms with Crippen molar-refractivity contribution in [1.29, 1.82) is 0 Å². The zero-order valence-corrected chi connectivity index (χ0v) is 15.1. The number of piperidine rings is 1. The van der Waals surface area contributed by atoms with Gasteiger partial charge in [-0.05, 0) is 30.5 Å². The summed E-state index contributed by atoms with van der Waals surface area (Å²) in [6.07, 6.45) is 1.59. The van der Waals surface area contributed by atoms with Crippen molar-refractivity contribution in [2.75, 3.05) is 21.0 Å². The lowest BCUT2D eigenvalue weighted by Gasteiger charge is -2.37. The molecule has 0 saturated carbocycles. The van der Waals surface area contributed by atoms with Crippen LogP contribution in [0.3, 0.4) is 0 Å². The second-order valence-electron chi connectivity index (χ2n) is 6.30. The molecule has 0 radical (unpaired) electrons. The highest BCUT2D eigenvalue weighted by Gasteiger charge is 2.51. The van der Waals surface area contributed by atoms with Crippen LogP contribution in [0, 0.1) is 5.92 Å². The molecular weight excluding hydrogens is 353 g/mol.